The van der Waals surface area contributed by atoms with Crippen molar-refractivity contribution in [2.24, 2.45) is 5.41 Å². The lowest BCUT2D eigenvalue weighted by atomic mass is 9.80. The molecule has 6 aromatic rings. The van der Waals surface area contributed by atoms with Crippen LogP contribution in [0.3, 0.4) is 0 Å². The summed E-state index contributed by atoms with van der Waals surface area (Å²) in [6.07, 6.45) is 4.31. The van der Waals surface area contributed by atoms with E-state index in [1.165, 1.54) is 50.0 Å². The van der Waals surface area contributed by atoms with Crippen molar-refractivity contribution in [3.8, 4) is 17.3 Å². The first-order valence-electron chi connectivity index (χ1n) is 22.3. The normalized spacial score (nSPS) is 14.7. The van der Waals surface area contributed by atoms with E-state index in [0.29, 0.717) is 6.67 Å². The topological polar surface area (TPSA) is 33.5 Å². The third-order valence-corrected chi connectivity index (χ3v) is 12.4. The molecule has 0 radical (unpaired) electrons. The second-order valence-electron chi connectivity index (χ2n) is 23.8. The average Bonchev–Trinajstić information content (AvgIpc) is 3.73. The van der Waals surface area contributed by atoms with Crippen molar-refractivity contribution in [3.63, 3.8) is 0 Å². The van der Waals surface area contributed by atoms with Crippen molar-refractivity contribution >= 4 is 33.2 Å². The number of hydrogen-bond donors (Lipinski definition) is 0. The molecule has 2 aromatic heterocycles. The molecule has 0 atom stereocenters. The van der Waals surface area contributed by atoms with Gasteiger partial charge in [-0.1, -0.05) is 143 Å². The summed E-state index contributed by atoms with van der Waals surface area (Å²) >= 11 is 0. The minimum atomic E-state index is -0.0996. The van der Waals surface area contributed by atoms with E-state index in [1.807, 2.05) is 6.20 Å². The van der Waals surface area contributed by atoms with E-state index in [9.17, 15) is 0 Å². The van der Waals surface area contributed by atoms with Crippen LogP contribution in [0.4, 0.5) is 11.4 Å². The standard InChI is InChI=1S/C56H72N4O/c1-51(2,3)36-19-21-45-46-22-20-43(33-48(46)60(47(45)30-36)50-31-37(23-24-57-50)52(4,5)6)61-44-29-40(55(13,14)15)26-41(32-44)58-34-49(56(16,17)18)59(35-58)42-27-38(53(7,8)9)25-39(28-42)54(10,11)12/h19-34H,35H2,1-18H3. The highest BCUT2D eigenvalue weighted by atomic mass is 16.5. The Kier molecular flexibility index (Phi) is 10.7. The van der Waals surface area contributed by atoms with Gasteiger partial charge in [0.05, 0.1) is 17.7 Å². The van der Waals surface area contributed by atoms with Gasteiger partial charge in [0.25, 0.3) is 0 Å². The number of benzene rings is 4. The zero-order valence-electron chi connectivity index (χ0n) is 40.6. The number of pyridine rings is 1. The van der Waals surface area contributed by atoms with Crippen LogP contribution in [0.2, 0.25) is 0 Å². The van der Waals surface area contributed by atoms with E-state index in [4.69, 9.17) is 9.72 Å². The largest absolute Gasteiger partial charge is 0.457 e. The summed E-state index contributed by atoms with van der Waals surface area (Å²) in [7, 11) is 0. The first-order chi connectivity index (χ1) is 28.0. The summed E-state index contributed by atoms with van der Waals surface area (Å²) in [6.45, 7) is 42.0. The minimum Gasteiger partial charge on any atom is -0.457 e. The summed E-state index contributed by atoms with van der Waals surface area (Å²) in [5.74, 6) is 2.52. The van der Waals surface area contributed by atoms with Crippen LogP contribution in [0.1, 0.15) is 152 Å². The Labute approximate surface area is 367 Å². The van der Waals surface area contributed by atoms with Crippen molar-refractivity contribution in [1.29, 1.82) is 0 Å². The van der Waals surface area contributed by atoms with Gasteiger partial charge in [-0.15, -0.1) is 0 Å². The predicted octanol–water partition coefficient (Wildman–Crippen LogP) is 15.6. The molecule has 0 N–H and O–H groups in total. The van der Waals surface area contributed by atoms with E-state index in [1.54, 1.807) is 0 Å². The van der Waals surface area contributed by atoms with Gasteiger partial charge in [0.2, 0.25) is 0 Å². The number of aromatic nitrogens is 2. The summed E-state index contributed by atoms with van der Waals surface area (Å²) in [5, 5.41) is 2.38. The van der Waals surface area contributed by atoms with Crippen molar-refractivity contribution in [1.82, 2.24) is 9.55 Å². The molecule has 4 aromatic carbocycles. The van der Waals surface area contributed by atoms with Crippen LogP contribution >= 0.6 is 0 Å². The maximum atomic E-state index is 6.98. The highest BCUT2D eigenvalue weighted by Crippen LogP contribution is 2.44. The fourth-order valence-electron chi connectivity index (χ4n) is 8.25. The third-order valence-electron chi connectivity index (χ3n) is 12.4. The van der Waals surface area contributed by atoms with Crippen LogP contribution in [-0.2, 0) is 27.1 Å². The van der Waals surface area contributed by atoms with Gasteiger partial charge in [0.15, 0.2) is 0 Å². The van der Waals surface area contributed by atoms with Crippen LogP contribution in [0.5, 0.6) is 11.5 Å². The molecule has 7 rings (SSSR count). The van der Waals surface area contributed by atoms with Crippen LogP contribution in [-0.4, -0.2) is 16.2 Å². The third kappa shape index (κ3) is 8.99. The molecule has 5 heteroatoms. The Morgan fingerprint density at radius 3 is 1.51 bits per heavy atom. The van der Waals surface area contributed by atoms with Crippen molar-refractivity contribution in [2.45, 2.75) is 152 Å². The zero-order valence-corrected chi connectivity index (χ0v) is 40.6. The number of hydrogen-bond acceptors (Lipinski definition) is 4. The van der Waals surface area contributed by atoms with E-state index >= 15 is 0 Å². The molecule has 3 heterocycles. The molecule has 0 aliphatic carbocycles. The van der Waals surface area contributed by atoms with Gasteiger partial charge in [-0.2, -0.15) is 0 Å². The van der Waals surface area contributed by atoms with Crippen LogP contribution in [0.15, 0.2) is 103 Å². The summed E-state index contributed by atoms with van der Waals surface area (Å²) in [6, 6.07) is 31.8. The van der Waals surface area contributed by atoms with Crippen LogP contribution in [0.25, 0.3) is 27.6 Å². The molecule has 5 nitrogen and oxygen atoms in total. The highest BCUT2D eigenvalue weighted by Gasteiger charge is 2.34. The van der Waals surface area contributed by atoms with Crippen LogP contribution in [0, 0.1) is 5.41 Å². The number of rotatable bonds is 5. The Balaban J connectivity index is 1.34. The quantitative estimate of drug-likeness (QED) is 0.174. The number of ether oxygens (including phenoxy) is 1. The monoisotopic (exact) mass is 817 g/mol. The smallest absolute Gasteiger partial charge is 0.137 e. The van der Waals surface area contributed by atoms with Crippen molar-refractivity contribution in [2.75, 3.05) is 16.5 Å². The zero-order chi connectivity index (χ0) is 44.8. The molecular weight excluding hydrogens is 745 g/mol. The molecule has 0 bridgehead atoms. The summed E-state index contributed by atoms with van der Waals surface area (Å²) < 4.78 is 9.31. The second-order valence-corrected chi connectivity index (χ2v) is 23.8. The molecule has 1 aliphatic rings. The number of anilines is 2. The molecule has 1 aliphatic heterocycles. The summed E-state index contributed by atoms with van der Waals surface area (Å²) in [5.41, 5.74) is 12.2. The number of nitrogens with zero attached hydrogens (tertiary/aromatic N) is 4. The SMILES string of the molecule is CC(C)(C)C1=CN(c2cc(Oc3ccc4c5ccc(C(C)(C)C)cc5n(-c5cc(C(C)(C)C)ccn5)c4c3)cc(C(C)(C)C)c2)CN1c1cc(C(C)(C)C)cc(C(C)(C)C)c1. The lowest BCUT2D eigenvalue weighted by Gasteiger charge is -2.34. The van der Waals surface area contributed by atoms with Crippen molar-refractivity contribution in [3.05, 3.63) is 131 Å². The molecule has 61 heavy (non-hydrogen) atoms. The fraction of sp³-hybridized carbons (Fsp3) is 0.446. The second kappa shape index (κ2) is 14.8. The molecule has 0 fully saturated rings. The molecular formula is C56H72N4O. The number of fused-ring (bicyclic) bond motifs is 3. The van der Waals surface area contributed by atoms with Gasteiger partial charge in [-0.05, 0) is 109 Å². The Morgan fingerprint density at radius 1 is 0.443 bits per heavy atom. The minimum absolute atomic E-state index is 0.00124. The van der Waals surface area contributed by atoms with E-state index in [-0.39, 0.29) is 32.5 Å². The highest BCUT2D eigenvalue weighted by molar-refractivity contribution is 6.09. The van der Waals surface area contributed by atoms with E-state index in [0.717, 1.165) is 34.0 Å². The fourth-order valence-corrected chi connectivity index (χ4v) is 8.25. The van der Waals surface area contributed by atoms with Crippen molar-refractivity contribution < 1.29 is 4.74 Å². The first-order valence-corrected chi connectivity index (χ1v) is 22.3. The number of allylic oxidation sites excluding steroid dienone is 1. The first kappa shape index (κ1) is 44.0. The maximum Gasteiger partial charge on any atom is 0.137 e. The lowest BCUT2D eigenvalue weighted by molar-refractivity contribution is 0.479. The molecule has 0 saturated carbocycles. The van der Waals surface area contributed by atoms with E-state index < -0.39 is 0 Å². The lowest BCUT2D eigenvalue weighted by Crippen LogP contribution is -2.31. The molecule has 0 amide bonds. The van der Waals surface area contributed by atoms with Gasteiger partial charge >= 0.3 is 0 Å². The predicted molar refractivity (Wildman–Crippen MR) is 262 cm³/mol. The van der Waals surface area contributed by atoms with Gasteiger partial charge in [0, 0.05) is 57.8 Å². The Hall–Kier alpha value is -5.03. The van der Waals surface area contributed by atoms with Gasteiger partial charge in [-0.25, -0.2) is 4.98 Å². The molecule has 0 saturated heterocycles. The average molecular weight is 817 g/mol. The van der Waals surface area contributed by atoms with E-state index in [2.05, 4.69) is 230 Å². The Morgan fingerprint density at radius 2 is 0.951 bits per heavy atom. The van der Waals surface area contributed by atoms with Crippen LogP contribution < -0.4 is 14.5 Å². The molecule has 322 valence electrons. The molecule has 0 unspecified atom stereocenters. The van der Waals surface area contributed by atoms with Gasteiger partial charge < -0.3 is 14.5 Å². The summed E-state index contributed by atoms with van der Waals surface area (Å²) in [4.78, 5) is 9.92. The maximum absolute atomic E-state index is 6.98. The van der Waals surface area contributed by atoms with Gasteiger partial charge in [-0.3, -0.25) is 4.57 Å². The van der Waals surface area contributed by atoms with Gasteiger partial charge in [0.1, 0.15) is 17.3 Å². The molecule has 0 spiro atoms. The Bertz CT molecular complexity index is 2620.